The number of nitrogens with zero attached hydrogens (tertiary/aromatic N) is 12. The van der Waals surface area contributed by atoms with Crippen molar-refractivity contribution in [2.75, 3.05) is 43.4 Å². The second kappa shape index (κ2) is 12.8. The molecule has 16 heteroatoms. The van der Waals surface area contributed by atoms with Crippen molar-refractivity contribution in [3.8, 4) is 11.3 Å². The van der Waals surface area contributed by atoms with Crippen molar-refractivity contribution in [3.05, 3.63) is 108 Å². The molecule has 16 nitrogen and oxygen atoms in total. The zero-order chi connectivity index (χ0) is 35.2. The third-order valence-electron chi connectivity index (χ3n) is 9.68. The van der Waals surface area contributed by atoms with Crippen LogP contribution >= 0.6 is 0 Å². The molecule has 9 rings (SSSR count). The molecule has 1 fully saturated rings. The summed E-state index contributed by atoms with van der Waals surface area (Å²) >= 11 is 0. The summed E-state index contributed by atoms with van der Waals surface area (Å²) in [6, 6.07) is 10.3. The van der Waals surface area contributed by atoms with Crippen molar-refractivity contribution in [1.29, 1.82) is 0 Å². The van der Waals surface area contributed by atoms with E-state index in [9.17, 15) is 9.59 Å². The Balaban J connectivity index is 0.862. The van der Waals surface area contributed by atoms with Crippen molar-refractivity contribution in [3.63, 3.8) is 0 Å². The molecule has 52 heavy (non-hydrogen) atoms. The van der Waals surface area contributed by atoms with Gasteiger partial charge in [-0.1, -0.05) is 18.2 Å². The van der Waals surface area contributed by atoms with Gasteiger partial charge in [0.15, 0.2) is 5.65 Å². The largest absolute Gasteiger partial charge is 0.383 e. The van der Waals surface area contributed by atoms with E-state index in [4.69, 9.17) is 10.8 Å². The van der Waals surface area contributed by atoms with Gasteiger partial charge in [-0.05, 0) is 35.2 Å². The van der Waals surface area contributed by atoms with E-state index in [1.165, 1.54) is 30.6 Å². The van der Waals surface area contributed by atoms with E-state index < -0.39 is 0 Å². The van der Waals surface area contributed by atoms with Gasteiger partial charge in [-0.15, -0.1) is 0 Å². The van der Waals surface area contributed by atoms with Crippen molar-refractivity contribution in [2.45, 2.75) is 19.5 Å². The van der Waals surface area contributed by atoms with Gasteiger partial charge in [0.1, 0.15) is 29.8 Å². The minimum Gasteiger partial charge on any atom is -0.383 e. The van der Waals surface area contributed by atoms with Crippen LogP contribution in [0.4, 0.5) is 11.8 Å². The summed E-state index contributed by atoms with van der Waals surface area (Å²) in [7, 11) is 0. The number of benzene rings is 1. The molecule has 0 radical (unpaired) electrons. The van der Waals surface area contributed by atoms with E-state index >= 15 is 0 Å². The lowest BCUT2D eigenvalue weighted by Gasteiger charge is -2.34. The SMILES string of the molecule is Nc1ncnc2c1c(-c1cnc3[nH]ccc3c1)nn2Cc1ccc2c(c1)CCN(C(=O)c1cnc(N3CCN(C(=O)c4cncnc4)CC3)nc1)C2. The number of anilines is 2. The van der Waals surface area contributed by atoms with E-state index in [2.05, 4.69) is 58.1 Å². The lowest BCUT2D eigenvalue weighted by Crippen LogP contribution is -2.49. The predicted octanol–water partition coefficient (Wildman–Crippen LogP) is 2.74. The molecule has 7 aromatic rings. The average molecular weight is 693 g/mol. The number of fused-ring (bicyclic) bond motifs is 3. The maximum Gasteiger partial charge on any atom is 0.257 e. The van der Waals surface area contributed by atoms with Crippen LogP contribution in [0.15, 0.2) is 80.2 Å². The van der Waals surface area contributed by atoms with Crippen LogP contribution in [-0.4, -0.2) is 104 Å². The maximum absolute atomic E-state index is 13.5. The van der Waals surface area contributed by atoms with Gasteiger partial charge in [0.2, 0.25) is 5.95 Å². The molecule has 3 N–H and O–H groups in total. The van der Waals surface area contributed by atoms with E-state index in [0.29, 0.717) is 91.9 Å². The molecule has 8 heterocycles. The van der Waals surface area contributed by atoms with Gasteiger partial charge < -0.3 is 25.4 Å². The topological polar surface area (TPSA) is 194 Å². The average Bonchev–Trinajstić information content (AvgIpc) is 3.83. The monoisotopic (exact) mass is 692 g/mol. The molecule has 1 saturated heterocycles. The van der Waals surface area contributed by atoms with Crippen molar-refractivity contribution < 1.29 is 9.59 Å². The van der Waals surface area contributed by atoms with Crippen LogP contribution in [0.3, 0.4) is 0 Å². The summed E-state index contributed by atoms with van der Waals surface area (Å²) in [5, 5.41) is 6.61. The third-order valence-corrected chi connectivity index (χ3v) is 9.68. The Hall–Kier alpha value is -6.84. The molecule has 0 aliphatic carbocycles. The first kappa shape index (κ1) is 31.2. The molecule has 2 aliphatic heterocycles. The van der Waals surface area contributed by atoms with Crippen molar-refractivity contribution in [1.82, 2.24) is 59.5 Å². The molecular weight excluding hydrogens is 660 g/mol. The normalized spacial score (nSPS) is 14.6. The number of piperazine rings is 1. The van der Waals surface area contributed by atoms with Crippen LogP contribution in [-0.2, 0) is 19.5 Å². The van der Waals surface area contributed by atoms with Crippen LogP contribution in [0.5, 0.6) is 0 Å². The summed E-state index contributed by atoms with van der Waals surface area (Å²) in [4.78, 5) is 65.2. The molecule has 2 aliphatic rings. The molecule has 0 unspecified atom stereocenters. The Morgan fingerprint density at radius 1 is 0.769 bits per heavy atom. The molecular formula is C36H32N14O2. The highest BCUT2D eigenvalue weighted by atomic mass is 16.2. The number of H-pyrrole nitrogens is 1. The molecule has 258 valence electrons. The van der Waals surface area contributed by atoms with E-state index in [1.54, 1.807) is 23.5 Å². The Labute approximate surface area is 296 Å². The Morgan fingerprint density at radius 2 is 1.56 bits per heavy atom. The predicted molar refractivity (Wildman–Crippen MR) is 191 cm³/mol. The number of carbonyl (C=O) groups is 2. The van der Waals surface area contributed by atoms with Gasteiger partial charge in [-0.25, -0.2) is 39.6 Å². The fourth-order valence-electron chi connectivity index (χ4n) is 6.94. The number of hydrogen-bond acceptors (Lipinski definition) is 12. The molecule has 0 saturated carbocycles. The second-order valence-electron chi connectivity index (χ2n) is 12.9. The first-order valence-corrected chi connectivity index (χ1v) is 16.9. The standard InChI is InChI=1S/C36H32N14O2/c37-31-29-30(26-12-24-3-5-40-32(24)41-15-26)46-50(33(29)45-21-44-31)18-22-1-2-25-19-49(6-4-23(25)11-22)35(52)28-16-42-36(43-17-28)48-9-7-47(8-10-48)34(51)27-13-38-20-39-14-27/h1-3,5,11-17,20-21H,4,6-10,18-19H2,(H,40,41)(H2,37,44,45). The minimum absolute atomic E-state index is 0.0947. The van der Waals surface area contributed by atoms with Gasteiger partial charge in [0, 0.05) is 87.4 Å². The number of nitrogens with one attached hydrogen (secondary N) is 1. The number of carbonyl (C=O) groups excluding carboxylic acids is 2. The highest BCUT2D eigenvalue weighted by molar-refractivity contribution is 5.99. The summed E-state index contributed by atoms with van der Waals surface area (Å²) in [5.74, 6) is 0.694. The van der Waals surface area contributed by atoms with Gasteiger partial charge in [0.05, 0.1) is 23.1 Å². The van der Waals surface area contributed by atoms with Crippen LogP contribution in [0.2, 0.25) is 0 Å². The van der Waals surface area contributed by atoms with Crippen molar-refractivity contribution in [2.24, 2.45) is 0 Å². The fraction of sp³-hybridized carbons (Fsp3) is 0.222. The number of nitrogen functional groups attached to an aromatic ring is 1. The fourth-order valence-corrected chi connectivity index (χ4v) is 6.94. The first-order chi connectivity index (χ1) is 25.5. The van der Waals surface area contributed by atoms with E-state index in [0.717, 1.165) is 27.7 Å². The summed E-state index contributed by atoms with van der Waals surface area (Å²) in [5.41, 5.74) is 13.6. The highest BCUT2D eigenvalue weighted by Gasteiger charge is 2.26. The summed E-state index contributed by atoms with van der Waals surface area (Å²) < 4.78 is 1.85. The van der Waals surface area contributed by atoms with Gasteiger partial charge in [-0.3, -0.25) is 9.59 Å². The molecule has 2 amide bonds. The summed E-state index contributed by atoms with van der Waals surface area (Å²) in [6.45, 7) is 3.77. The van der Waals surface area contributed by atoms with Crippen LogP contribution in [0, 0.1) is 0 Å². The van der Waals surface area contributed by atoms with Crippen LogP contribution in [0.25, 0.3) is 33.3 Å². The smallest absolute Gasteiger partial charge is 0.257 e. The Bertz CT molecular complexity index is 2450. The number of rotatable bonds is 6. The quantitative estimate of drug-likeness (QED) is 0.259. The molecule has 0 spiro atoms. The third kappa shape index (κ3) is 5.69. The Morgan fingerprint density at radius 3 is 2.38 bits per heavy atom. The molecule has 0 atom stereocenters. The molecule has 1 aromatic carbocycles. The van der Waals surface area contributed by atoms with E-state index in [1.807, 2.05) is 32.8 Å². The minimum atomic E-state index is -0.109. The number of hydrogen-bond donors (Lipinski definition) is 2. The first-order valence-electron chi connectivity index (χ1n) is 16.9. The van der Waals surface area contributed by atoms with Gasteiger partial charge in [-0.2, -0.15) is 5.10 Å². The lowest BCUT2D eigenvalue weighted by atomic mass is 9.97. The second-order valence-corrected chi connectivity index (χ2v) is 12.9. The molecule has 0 bridgehead atoms. The number of aromatic nitrogens is 10. The zero-order valence-electron chi connectivity index (χ0n) is 27.9. The lowest BCUT2D eigenvalue weighted by molar-refractivity contribution is 0.0729. The number of pyridine rings is 1. The number of nitrogens with two attached hydrogens (primary N) is 1. The Kier molecular flexibility index (Phi) is 7.67. The summed E-state index contributed by atoms with van der Waals surface area (Å²) in [6.07, 6.45) is 13.4. The molecule has 6 aromatic heterocycles. The number of aromatic amines is 1. The van der Waals surface area contributed by atoms with Gasteiger partial charge >= 0.3 is 0 Å². The van der Waals surface area contributed by atoms with Crippen molar-refractivity contribution >= 4 is 45.6 Å². The van der Waals surface area contributed by atoms with Crippen LogP contribution in [0.1, 0.15) is 37.4 Å². The number of amides is 2. The van der Waals surface area contributed by atoms with E-state index in [-0.39, 0.29) is 11.8 Å². The van der Waals surface area contributed by atoms with Gasteiger partial charge in [0.25, 0.3) is 11.8 Å². The highest BCUT2D eigenvalue weighted by Crippen LogP contribution is 2.32. The maximum atomic E-state index is 13.5. The zero-order valence-corrected chi connectivity index (χ0v) is 27.9. The van der Waals surface area contributed by atoms with Crippen LogP contribution < -0.4 is 10.6 Å².